The molecule has 112 valence electrons. The molecule has 0 aliphatic carbocycles. The minimum absolute atomic E-state index is 0.250. The summed E-state index contributed by atoms with van der Waals surface area (Å²) < 4.78 is 10.3. The van der Waals surface area contributed by atoms with Gasteiger partial charge in [-0.1, -0.05) is 20.8 Å². The highest BCUT2D eigenvalue weighted by Crippen LogP contribution is 2.35. The van der Waals surface area contributed by atoms with E-state index in [9.17, 15) is 4.79 Å². The van der Waals surface area contributed by atoms with Gasteiger partial charge in [-0.3, -0.25) is 0 Å². The van der Waals surface area contributed by atoms with Gasteiger partial charge in [0.05, 0.1) is 6.61 Å². The fourth-order valence-electron chi connectivity index (χ4n) is 2.65. The summed E-state index contributed by atoms with van der Waals surface area (Å²) in [5, 5.41) is 0. The molecule has 0 atom stereocenters. The number of hydrogen-bond acceptors (Lipinski definition) is 5. The van der Waals surface area contributed by atoms with Gasteiger partial charge in [-0.15, -0.1) is 0 Å². The third kappa shape index (κ3) is 3.32. The zero-order valence-corrected chi connectivity index (χ0v) is 12.8. The van der Waals surface area contributed by atoms with E-state index in [1.165, 1.54) is 6.26 Å². The van der Waals surface area contributed by atoms with Gasteiger partial charge in [0.15, 0.2) is 5.69 Å². The molecule has 5 heteroatoms. The number of esters is 1. The Morgan fingerprint density at radius 3 is 2.65 bits per heavy atom. The number of rotatable bonds is 3. The standard InChI is InChI=1S/C15H24N2O3/c1-5-19-13(18)12-10-20-14(16-12)17-8-6-11(7-9-17)15(2,3)4/h10-11H,5-9H2,1-4H3. The number of carbonyl (C=O) groups excluding carboxylic acids is 1. The highest BCUT2D eigenvalue weighted by molar-refractivity contribution is 5.87. The Labute approximate surface area is 120 Å². The third-order valence-corrected chi connectivity index (χ3v) is 3.97. The van der Waals surface area contributed by atoms with Gasteiger partial charge in [0, 0.05) is 13.1 Å². The molecule has 2 rings (SSSR count). The van der Waals surface area contributed by atoms with Crippen LogP contribution in [0.4, 0.5) is 6.01 Å². The molecular weight excluding hydrogens is 256 g/mol. The Morgan fingerprint density at radius 1 is 1.45 bits per heavy atom. The number of piperidine rings is 1. The van der Waals surface area contributed by atoms with Crippen LogP contribution < -0.4 is 4.90 Å². The Hall–Kier alpha value is -1.52. The van der Waals surface area contributed by atoms with Crippen molar-refractivity contribution in [2.75, 3.05) is 24.6 Å². The van der Waals surface area contributed by atoms with E-state index in [0.717, 1.165) is 31.8 Å². The van der Waals surface area contributed by atoms with Gasteiger partial charge in [0.25, 0.3) is 6.01 Å². The van der Waals surface area contributed by atoms with Crippen molar-refractivity contribution in [2.45, 2.75) is 40.5 Å². The highest BCUT2D eigenvalue weighted by atomic mass is 16.5. The molecule has 0 amide bonds. The topological polar surface area (TPSA) is 55.6 Å². The van der Waals surface area contributed by atoms with E-state index < -0.39 is 5.97 Å². The maximum absolute atomic E-state index is 11.6. The van der Waals surface area contributed by atoms with Crippen LogP contribution in [-0.4, -0.2) is 30.6 Å². The van der Waals surface area contributed by atoms with Crippen molar-refractivity contribution in [3.63, 3.8) is 0 Å². The van der Waals surface area contributed by atoms with Gasteiger partial charge < -0.3 is 14.1 Å². The van der Waals surface area contributed by atoms with E-state index in [4.69, 9.17) is 9.15 Å². The minimum atomic E-state index is -0.424. The third-order valence-electron chi connectivity index (χ3n) is 3.97. The average molecular weight is 280 g/mol. The summed E-state index contributed by atoms with van der Waals surface area (Å²) >= 11 is 0. The molecule has 0 radical (unpaired) electrons. The maximum atomic E-state index is 11.6. The predicted octanol–water partition coefficient (Wildman–Crippen LogP) is 3.11. The van der Waals surface area contributed by atoms with Crippen LogP contribution in [0.15, 0.2) is 10.7 Å². The minimum Gasteiger partial charge on any atom is -0.461 e. The molecule has 0 saturated carbocycles. The molecule has 1 aromatic rings. The molecule has 0 unspecified atom stereocenters. The number of nitrogens with zero attached hydrogens (tertiary/aromatic N) is 2. The summed E-state index contributed by atoms with van der Waals surface area (Å²) in [6.45, 7) is 10.8. The normalized spacial score (nSPS) is 17.3. The average Bonchev–Trinajstić information content (AvgIpc) is 2.88. The zero-order valence-electron chi connectivity index (χ0n) is 12.8. The Balaban J connectivity index is 1.96. The molecule has 0 bridgehead atoms. The summed E-state index contributed by atoms with van der Waals surface area (Å²) in [5.74, 6) is 0.297. The fraction of sp³-hybridized carbons (Fsp3) is 0.733. The van der Waals surface area contributed by atoms with Crippen molar-refractivity contribution in [1.82, 2.24) is 4.98 Å². The molecule has 1 fully saturated rings. The second-order valence-electron chi connectivity index (χ2n) is 6.36. The lowest BCUT2D eigenvalue weighted by molar-refractivity contribution is 0.0519. The molecule has 0 spiro atoms. The number of aromatic nitrogens is 1. The van der Waals surface area contributed by atoms with Crippen molar-refractivity contribution < 1.29 is 13.9 Å². The van der Waals surface area contributed by atoms with Crippen molar-refractivity contribution in [2.24, 2.45) is 11.3 Å². The summed E-state index contributed by atoms with van der Waals surface area (Å²) in [7, 11) is 0. The predicted molar refractivity (Wildman–Crippen MR) is 76.9 cm³/mol. The van der Waals surface area contributed by atoms with Crippen LogP contribution in [0.1, 0.15) is 51.0 Å². The Morgan fingerprint density at radius 2 is 2.10 bits per heavy atom. The van der Waals surface area contributed by atoms with Gasteiger partial charge in [-0.2, -0.15) is 4.98 Å². The SMILES string of the molecule is CCOC(=O)c1coc(N2CCC(C(C)(C)C)CC2)n1. The van der Waals surface area contributed by atoms with E-state index in [1.54, 1.807) is 6.92 Å². The van der Waals surface area contributed by atoms with E-state index in [-0.39, 0.29) is 5.69 Å². The number of oxazole rings is 1. The van der Waals surface area contributed by atoms with Crippen LogP contribution in [0.3, 0.4) is 0 Å². The van der Waals surface area contributed by atoms with Crippen molar-refractivity contribution in [1.29, 1.82) is 0 Å². The molecule has 1 aliphatic rings. The number of hydrogen-bond donors (Lipinski definition) is 0. The van der Waals surface area contributed by atoms with Crippen molar-refractivity contribution in [3.05, 3.63) is 12.0 Å². The van der Waals surface area contributed by atoms with E-state index in [2.05, 4.69) is 30.7 Å². The lowest BCUT2D eigenvalue weighted by atomic mass is 9.75. The molecule has 1 saturated heterocycles. The molecule has 0 N–H and O–H groups in total. The fourth-order valence-corrected chi connectivity index (χ4v) is 2.65. The molecule has 1 aliphatic heterocycles. The number of anilines is 1. The highest BCUT2D eigenvalue weighted by Gasteiger charge is 2.30. The van der Waals surface area contributed by atoms with E-state index >= 15 is 0 Å². The first-order valence-corrected chi connectivity index (χ1v) is 7.29. The van der Waals surface area contributed by atoms with E-state index in [0.29, 0.717) is 18.0 Å². The van der Waals surface area contributed by atoms with Crippen LogP contribution >= 0.6 is 0 Å². The molecule has 1 aromatic heterocycles. The summed E-state index contributed by atoms with van der Waals surface area (Å²) in [6.07, 6.45) is 3.63. The van der Waals surface area contributed by atoms with Gasteiger partial charge in [0.2, 0.25) is 0 Å². The number of ether oxygens (including phenoxy) is 1. The van der Waals surface area contributed by atoms with Gasteiger partial charge in [-0.05, 0) is 31.1 Å². The maximum Gasteiger partial charge on any atom is 0.360 e. The Kier molecular flexibility index (Phi) is 4.35. The molecule has 5 nitrogen and oxygen atoms in total. The monoisotopic (exact) mass is 280 g/mol. The molecule has 2 heterocycles. The summed E-state index contributed by atoms with van der Waals surface area (Å²) in [5.41, 5.74) is 0.596. The van der Waals surface area contributed by atoms with Gasteiger partial charge in [-0.25, -0.2) is 4.79 Å². The molecule has 20 heavy (non-hydrogen) atoms. The summed E-state index contributed by atoms with van der Waals surface area (Å²) in [6, 6.07) is 0.528. The van der Waals surface area contributed by atoms with Crippen LogP contribution in [-0.2, 0) is 4.74 Å². The lowest BCUT2D eigenvalue weighted by Gasteiger charge is -2.38. The van der Waals surface area contributed by atoms with E-state index in [1.807, 2.05) is 0 Å². The van der Waals surface area contributed by atoms with Gasteiger partial charge in [0.1, 0.15) is 6.26 Å². The van der Waals surface area contributed by atoms with Crippen molar-refractivity contribution >= 4 is 12.0 Å². The zero-order chi connectivity index (χ0) is 14.8. The van der Waals surface area contributed by atoms with Crippen LogP contribution in [0.2, 0.25) is 0 Å². The quantitative estimate of drug-likeness (QED) is 0.796. The smallest absolute Gasteiger partial charge is 0.360 e. The van der Waals surface area contributed by atoms with Crippen molar-refractivity contribution in [3.8, 4) is 0 Å². The first kappa shape index (κ1) is 14.9. The largest absolute Gasteiger partial charge is 0.461 e. The van der Waals surface area contributed by atoms with Crippen LogP contribution in [0.5, 0.6) is 0 Å². The lowest BCUT2D eigenvalue weighted by Crippen LogP contribution is -2.38. The summed E-state index contributed by atoms with van der Waals surface area (Å²) in [4.78, 5) is 17.9. The first-order chi connectivity index (χ1) is 9.41. The Bertz CT molecular complexity index is 454. The van der Waals surface area contributed by atoms with Crippen LogP contribution in [0, 0.1) is 11.3 Å². The first-order valence-electron chi connectivity index (χ1n) is 7.29. The second kappa shape index (κ2) is 5.85. The van der Waals surface area contributed by atoms with Crippen LogP contribution in [0.25, 0.3) is 0 Å². The van der Waals surface area contributed by atoms with Gasteiger partial charge >= 0.3 is 5.97 Å². The number of carbonyl (C=O) groups is 1. The molecule has 0 aromatic carbocycles. The molecular formula is C15H24N2O3. The second-order valence-corrected chi connectivity index (χ2v) is 6.36.